The fraction of sp³-hybridized carbons (Fsp3) is 0.818. The molecule has 0 bridgehead atoms. The van der Waals surface area contributed by atoms with E-state index in [1.165, 1.54) is 7.11 Å². The number of amides is 1. The Balaban J connectivity index is 2.77. The minimum Gasteiger partial charge on any atom is -0.481 e. The van der Waals surface area contributed by atoms with Crippen LogP contribution in [0.4, 0.5) is 0 Å². The summed E-state index contributed by atoms with van der Waals surface area (Å²) in [5, 5.41) is 8.80. The molecule has 1 heterocycles. The first-order chi connectivity index (χ1) is 7.88. The summed E-state index contributed by atoms with van der Waals surface area (Å²) in [4.78, 5) is 24.5. The van der Waals surface area contributed by atoms with E-state index < -0.39 is 17.6 Å². The molecule has 1 atom stereocenters. The summed E-state index contributed by atoms with van der Waals surface area (Å²) >= 11 is 0. The van der Waals surface area contributed by atoms with E-state index in [0.29, 0.717) is 13.2 Å². The van der Waals surface area contributed by atoms with E-state index >= 15 is 0 Å². The van der Waals surface area contributed by atoms with Crippen LogP contribution in [-0.4, -0.2) is 60.4 Å². The van der Waals surface area contributed by atoms with Crippen molar-refractivity contribution in [3.05, 3.63) is 0 Å². The second kappa shape index (κ2) is 5.46. The number of carboxylic acid groups (broad SMARTS) is 1. The van der Waals surface area contributed by atoms with E-state index in [1.54, 1.807) is 18.7 Å². The largest absolute Gasteiger partial charge is 0.481 e. The van der Waals surface area contributed by atoms with Gasteiger partial charge in [0.1, 0.15) is 5.60 Å². The zero-order valence-electron chi connectivity index (χ0n) is 10.4. The lowest BCUT2D eigenvalue weighted by atomic mass is 10.0. The molecule has 1 amide bonds. The van der Waals surface area contributed by atoms with Crippen molar-refractivity contribution in [2.75, 3.05) is 26.9 Å². The molecule has 1 aliphatic heterocycles. The molecular weight excluding hydrogens is 226 g/mol. The van der Waals surface area contributed by atoms with Gasteiger partial charge in [-0.3, -0.25) is 9.59 Å². The Morgan fingerprint density at radius 3 is 2.71 bits per heavy atom. The van der Waals surface area contributed by atoms with Crippen LogP contribution in [0.15, 0.2) is 0 Å². The Labute approximate surface area is 100 Å². The van der Waals surface area contributed by atoms with Crippen LogP contribution >= 0.6 is 0 Å². The first-order valence-electron chi connectivity index (χ1n) is 5.54. The van der Waals surface area contributed by atoms with Gasteiger partial charge in [0.15, 0.2) is 0 Å². The molecule has 0 aromatic carbocycles. The number of carbonyl (C=O) groups excluding carboxylic acids is 1. The normalized spacial score (nSPS) is 21.4. The minimum atomic E-state index is -0.937. The summed E-state index contributed by atoms with van der Waals surface area (Å²) in [5.41, 5.74) is -0.936. The van der Waals surface area contributed by atoms with Gasteiger partial charge >= 0.3 is 5.97 Å². The smallest absolute Gasteiger partial charge is 0.305 e. The van der Waals surface area contributed by atoms with E-state index in [2.05, 4.69) is 0 Å². The van der Waals surface area contributed by atoms with Crippen molar-refractivity contribution < 1.29 is 24.2 Å². The molecule has 6 heteroatoms. The van der Waals surface area contributed by atoms with Gasteiger partial charge in [-0.15, -0.1) is 0 Å². The average Bonchev–Trinajstić information content (AvgIpc) is 2.28. The van der Waals surface area contributed by atoms with Crippen LogP contribution in [0.25, 0.3) is 0 Å². The zero-order chi connectivity index (χ0) is 13.1. The maximum Gasteiger partial charge on any atom is 0.305 e. The number of carboxylic acids is 1. The predicted molar refractivity (Wildman–Crippen MR) is 59.7 cm³/mol. The molecule has 98 valence electrons. The van der Waals surface area contributed by atoms with Crippen molar-refractivity contribution >= 4 is 11.9 Å². The van der Waals surface area contributed by atoms with Crippen molar-refractivity contribution in [2.45, 2.75) is 31.9 Å². The summed E-state index contributed by atoms with van der Waals surface area (Å²) < 4.78 is 10.3. The van der Waals surface area contributed by atoms with Gasteiger partial charge in [-0.05, 0) is 13.8 Å². The van der Waals surface area contributed by atoms with E-state index in [4.69, 9.17) is 14.6 Å². The minimum absolute atomic E-state index is 0.106. The lowest BCUT2D eigenvalue weighted by Crippen LogP contribution is -2.56. The average molecular weight is 245 g/mol. The molecule has 17 heavy (non-hydrogen) atoms. The number of morpholine rings is 1. The van der Waals surface area contributed by atoms with Crippen LogP contribution in [0, 0.1) is 0 Å². The lowest BCUT2D eigenvalue weighted by molar-refractivity contribution is -0.161. The van der Waals surface area contributed by atoms with Gasteiger partial charge in [0.25, 0.3) is 5.91 Å². The Kier molecular flexibility index (Phi) is 4.47. The second-order valence-corrected chi connectivity index (χ2v) is 4.54. The lowest BCUT2D eigenvalue weighted by Gasteiger charge is -2.38. The number of aliphatic carboxylic acids is 1. The van der Waals surface area contributed by atoms with Crippen LogP contribution in [0.5, 0.6) is 0 Å². The fourth-order valence-corrected chi connectivity index (χ4v) is 1.73. The molecule has 0 aromatic heterocycles. The van der Waals surface area contributed by atoms with Crippen LogP contribution in [-0.2, 0) is 19.1 Å². The quantitative estimate of drug-likeness (QED) is 0.761. The first-order valence-corrected chi connectivity index (χ1v) is 5.54. The summed E-state index contributed by atoms with van der Waals surface area (Å²) in [7, 11) is 1.46. The van der Waals surface area contributed by atoms with E-state index in [9.17, 15) is 9.59 Å². The van der Waals surface area contributed by atoms with Gasteiger partial charge in [0.2, 0.25) is 0 Å². The number of nitrogens with zero attached hydrogens (tertiary/aromatic N) is 1. The van der Waals surface area contributed by atoms with Gasteiger partial charge < -0.3 is 19.5 Å². The summed E-state index contributed by atoms with van der Waals surface area (Å²) in [6.45, 7) is 4.44. The second-order valence-electron chi connectivity index (χ2n) is 4.54. The summed E-state index contributed by atoms with van der Waals surface area (Å²) in [5.74, 6) is -1.14. The first kappa shape index (κ1) is 13.9. The molecular formula is C11H19NO5. The Hall–Kier alpha value is -1.14. The van der Waals surface area contributed by atoms with Crippen molar-refractivity contribution in [3.8, 4) is 0 Å². The fourth-order valence-electron chi connectivity index (χ4n) is 1.73. The van der Waals surface area contributed by atoms with Gasteiger partial charge in [-0.1, -0.05) is 0 Å². The molecule has 6 nitrogen and oxygen atoms in total. The highest BCUT2D eigenvalue weighted by atomic mass is 16.5. The van der Waals surface area contributed by atoms with E-state index in [-0.39, 0.29) is 18.9 Å². The van der Waals surface area contributed by atoms with Gasteiger partial charge in [-0.2, -0.15) is 0 Å². The number of ether oxygens (including phenoxy) is 2. The highest BCUT2D eigenvalue weighted by Gasteiger charge is 2.37. The third-order valence-corrected chi connectivity index (χ3v) is 2.92. The van der Waals surface area contributed by atoms with Crippen molar-refractivity contribution in [1.82, 2.24) is 4.90 Å². The van der Waals surface area contributed by atoms with E-state index in [1.807, 2.05) is 0 Å². The zero-order valence-corrected chi connectivity index (χ0v) is 10.4. The number of carbonyl (C=O) groups is 2. The molecule has 1 rings (SSSR count). The van der Waals surface area contributed by atoms with Crippen LogP contribution < -0.4 is 0 Å². The maximum absolute atomic E-state index is 12.2. The third-order valence-electron chi connectivity index (χ3n) is 2.92. The molecule has 0 aliphatic carbocycles. The van der Waals surface area contributed by atoms with E-state index in [0.717, 1.165) is 0 Å². The Bertz CT molecular complexity index is 302. The van der Waals surface area contributed by atoms with Crippen molar-refractivity contribution in [1.29, 1.82) is 0 Å². The predicted octanol–water partition coefficient (Wildman–Crippen LogP) is 0.114. The number of hydrogen-bond donors (Lipinski definition) is 1. The topological polar surface area (TPSA) is 76.1 Å². The molecule has 0 radical (unpaired) electrons. The Morgan fingerprint density at radius 2 is 2.18 bits per heavy atom. The number of rotatable bonds is 4. The van der Waals surface area contributed by atoms with Gasteiger partial charge in [0.05, 0.1) is 25.7 Å². The monoisotopic (exact) mass is 245 g/mol. The van der Waals surface area contributed by atoms with Crippen molar-refractivity contribution in [2.24, 2.45) is 0 Å². The van der Waals surface area contributed by atoms with Crippen LogP contribution in [0.2, 0.25) is 0 Å². The molecule has 1 unspecified atom stereocenters. The molecule has 0 aromatic rings. The molecule has 1 aliphatic rings. The highest BCUT2D eigenvalue weighted by molar-refractivity contribution is 5.85. The number of hydrogen-bond acceptors (Lipinski definition) is 4. The van der Waals surface area contributed by atoms with Gasteiger partial charge in [-0.25, -0.2) is 0 Å². The molecule has 1 N–H and O–H groups in total. The molecule has 0 spiro atoms. The number of methoxy groups -OCH3 is 1. The maximum atomic E-state index is 12.2. The third kappa shape index (κ3) is 3.41. The molecule has 1 saturated heterocycles. The molecule has 1 fully saturated rings. The SMILES string of the molecule is COC(C)(C)C(=O)N1CCOCC1CC(=O)O. The van der Waals surface area contributed by atoms with Gasteiger partial charge in [0, 0.05) is 13.7 Å². The van der Waals surface area contributed by atoms with Crippen LogP contribution in [0.1, 0.15) is 20.3 Å². The Morgan fingerprint density at radius 1 is 1.53 bits per heavy atom. The summed E-state index contributed by atoms with van der Waals surface area (Å²) in [6.07, 6.45) is -0.106. The van der Waals surface area contributed by atoms with Crippen LogP contribution in [0.3, 0.4) is 0 Å². The summed E-state index contributed by atoms with van der Waals surface area (Å²) in [6, 6.07) is -0.414. The highest BCUT2D eigenvalue weighted by Crippen LogP contribution is 2.18. The van der Waals surface area contributed by atoms with Crippen molar-refractivity contribution in [3.63, 3.8) is 0 Å². The molecule has 0 saturated carbocycles. The standard InChI is InChI=1S/C11H19NO5/c1-11(2,16-3)10(15)12-4-5-17-7-8(12)6-9(13)14/h8H,4-7H2,1-3H3,(H,13,14).